The van der Waals surface area contributed by atoms with Crippen LogP contribution < -0.4 is 20.9 Å². The molecule has 34 heavy (non-hydrogen) atoms. The molecule has 2 aromatic carbocycles. The third-order valence-corrected chi connectivity index (χ3v) is 6.56. The van der Waals surface area contributed by atoms with Gasteiger partial charge in [0, 0.05) is 55.6 Å². The zero-order valence-electron chi connectivity index (χ0n) is 19.7. The largest absolute Gasteiger partial charge is 0.495 e. The molecule has 1 saturated heterocycles. The van der Waals surface area contributed by atoms with Crippen LogP contribution in [0.15, 0.2) is 64.3 Å². The van der Waals surface area contributed by atoms with Crippen LogP contribution in [0.4, 0.5) is 5.69 Å². The van der Waals surface area contributed by atoms with Crippen molar-refractivity contribution in [1.82, 2.24) is 14.0 Å². The second-order valence-electron chi connectivity index (χ2n) is 8.66. The van der Waals surface area contributed by atoms with Crippen molar-refractivity contribution in [1.29, 1.82) is 0 Å². The highest BCUT2D eigenvalue weighted by Crippen LogP contribution is 2.31. The lowest BCUT2D eigenvalue weighted by Gasteiger charge is -2.36. The molecule has 0 aliphatic carbocycles. The van der Waals surface area contributed by atoms with E-state index in [1.54, 1.807) is 24.8 Å². The van der Waals surface area contributed by atoms with E-state index in [2.05, 4.69) is 9.80 Å². The fraction of sp³-hybridized carbons (Fsp3) is 0.385. The molecule has 0 spiro atoms. The lowest BCUT2D eigenvalue weighted by molar-refractivity contribution is 0.249. The normalized spacial score (nSPS) is 14.4. The predicted octanol–water partition coefficient (Wildman–Crippen LogP) is 3.24. The molecule has 0 atom stereocenters. The summed E-state index contributed by atoms with van der Waals surface area (Å²) < 4.78 is 8.51. The van der Waals surface area contributed by atoms with Crippen molar-refractivity contribution in [3.63, 3.8) is 0 Å². The average molecular weight is 483 g/mol. The second kappa shape index (κ2) is 10.9. The summed E-state index contributed by atoms with van der Waals surface area (Å²) in [6, 6.07) is 15.4. The van der Waals surface area contributed by atoms with Gasteiger partial charge in [0.05, 0.1) is 19.3 Å². The number of aromatic nitrogens is 2. The molecule has 1 aliphatic heterocycles. The summed E-state index contributed by atoms with van der Waals surface area (Å²) >= 11 is 6.10. The van der Waals surface area contributed by atoms with Crippen molar-refractivity contribution in [3.05, 3.63) is 91.7 Å². The van der Waals surface area contributed by atoms with Crippen LogP contribution in [0.3, 0.4) is 0 Å². The highest BCUT2D eigenvalue weighted by Gasteiger charge is 2.20. The van der Waals surface area contributed by atoms with Gasteiger partial charge in [-0.3, -0.25) is 14.3 Å². The number of ether oxygens (including phenoxy) is 1. The van der Waals surface area contributed by atoms with Gasteiger partial charge >= 0.3 is 5.69 Å². The molecule has 0 N–H and O–H groups in total. The standard InChI is InChI=1S/C26H31ClN4O3/c1-20-18-30(26(33)31(25(20)32)19-21-7-4-3-5-8-21)12-6-11-28-13-15-29(16-14-28)23-10-9-22(27)17-24(23)34-2/h3-5,7-10,17-18H,6,11-16,19H2,1-2H3. The molecule has 3 aromatic rings. The molecule has 0 saturated carbocycles. The van der Waals surface area contributed by atoms with Gasteiger partial charge in [0.2, 0.25) is 0 Å². The Bertz CT molecular complexity index is 1230. The molecule has 7 nitrogen and oxygen atoms in total. The van der Waals surface area contributed by atoms with Crippen molar-refractivity contribution >= 4 is 17.3 Å². The van der Waals surface area contributed by atoms with Crippen LogP contribution in [0.5, 0.6) is 5.75 Å². The van der Waals surface area contributed by atoms with E-state index in [4.69, 9.17) is 16.3 Å². The van der Waals surface area contributed by atoms with Gasteiger partial charge in [0.15, 0.2) is 0 Å². The monoisotopic (exact) mass is 482 g/mol. The molecule has 1 fully saturated rings. The van der Waals surface area contributed by atoms with E-state index in [1.165, 1.54) is 4.57 Å². The van der Waals surface area contributed by atoms with Gasteiger partial charge < -0.3 is 14.2 Å². The van der Waals surface area contributed by atoms with Crippen LogP contribution in [0, 0.1) is 6.92 Å². The first-order valence-electron chi connectivity index (χ1n) is 11.6. The fourth-order valence-electron chi connectivity index (χ4n) is 4.45. The van der Waals surface area contributed by atoms with Gasteiger partial charge in [0.1, 0.15) is 5.75 Å². The maximum atomic E-state index is 13.0. The summed E-state index contributed by atoms with van der Waals surface area (Å²) in [4.78, 5) is 30.3. The van der Waals surface area contributed by atoms with Gasteiger partial charge in [-0.15, -0.1) is 0 Å². The minimum Gasteiger partial charge on any atom is -0.495 e. The SMILES string of the molecule is COc1cc(Cl)ccc1N1CCN(CCCn2cc(C)c(=O)n(Cc3ccccc3)c2=O)CC1. The van der Waals surface area contributed by atoms with E-state index in [-0.39, 0.29) is 17.8 Å². The number of rotatable bonds is 8. The van der Waals surface area contributed by atoms with Crippen molar-refractivity contribution < 1.29 is 4.74 Å². The molecule has 8 heteroatoms. The summed E-state index contributed by atoms with van der Waals surface area (Å²) in [5.41, 5.74) is 2.11. The minimum absolute atomic E-state index is 0.223. The van der Waals surface area contributed by atoms with Crippen LogP contribution in [0.1, 0.15) is 17.5 Å². The van der Waals surface area contributed by atoms with Gasteiger partial charge in [-0.25, -0.2) is 4.79 Å². The van der Waals surface area contributed by atoms with E-state index < -0.39 is 0 Å². The number of nitrogens with zero attached hydrogens (tertiary/aromatic N) is 4. The Morgan fingerprint density at radius 3 is 2.41 bits per heavy atom. The zero-order chi connectivity index (χ0) is 24.1. The van der Waals surface area contributed by atoms with Crippen molar-refractivity contribution in [2.75, 3.05) is 44.7 Å². The third-order valence-electron chi connectivity index (χ3n) is 6.32. The molecular weight excluding hydrogens is 452 g/mol. The lowest BCUT2D eigenvalue weighted by Crippen LogP contribution is -2.47. The van der Waals surface area contributed by atoms with Gasteiger partial charge in [-0.1, -0.05) is 41.9 Å². The van der Waals surface area contributed by atoms with Gasteiger partial charge in [0.25, 0.3) is 5.56 Å². The van der Waals surface area contributed by atoms with Crippen LogP contribution in [0.2, 0.25) is 5.02 Å². The van der Waals surface area contributed by atoms with Crippen LogP contribution in [0.25, 0.3) is 0 Å². The summed E-state index contributed by atoms with van der Waals surface area (Å²) in [5, 5.41) is 0.666. The van der Waals surface area contributed by atoms with Crippen LogP contribution >= 0.6 is 11.6 Å². The number of aryl methyl sites for hydroxylation is 2. The van der Waals surface area contributed by atoms with E-state index in [1.807, 2.05) is 48.5 Å². The molecular formula is C26H31ClN4O3. The number of hydrogen-bond donors (Lipinski definition) is 0. The average Bonchev–Trinajstić information content (AvgIpc) is 2.86. The van der Waals surface area contributed by atoms with E-state index in [9.17, 15) is 9.59 Å². The molecule has 4 rings (SSSR count). The molecule has 0 amide bonds. The minimum atomic E-state index is -0.251. The quantitative estimate of drug-likeness (QED) is 0.493. The van der Waals surface area contributed by atoms with E-state index >= 15 is 0 Å². The number of methoxy groups -OCH3 is 1. The zero-order valence-corrected chi connectivity index (χ0v) is 20.5. The molecule has 1 aliphatic rings. The fourth-order valence-corrected chi connectivity index (χ4v) is 4.62. The Labute approximate surface area is 204 Å². The number of halogens is 1. The Morgan fingerprint density at radius 2 is 1.71 bits per heavy atom. The topological polar surface area (TPSA) is 59.7 Å². The first-order valence-corrected chi connectivity index (χ1v) is 12.0. The Morgan fingerprint density at radius 1 is 0.971 bits per heavy atom. The Balaban J connectivity index is 1.35. The molecule has 2 heterocycles. The summed E-state index contributed by atoms with van der Waals surface area (Å²) in [5.74, 6) is 0.793. The third kappa shape index (κ3) is 5.54. The molecule has 180 valence electrons. The molecule has 0 bridgehead atoms. The van der Waals surface area contributed by atoms with Crippen molar-refractivity contribution in [2.45, 2.75) is 26.4 Å². The maximum absolute atomic E-state index is 13.0. The highest BCUT2D eigenvalue weighted by molar-refractivity contribution is 6.30. The first kappa shape index (κ1) is 24.1. The van der Waals surface area contributed by atoms with Gasteiger partial charge in [-0.05, 0) is 37.6 Å². The molecule has 1 aromatic heterocycles. The smallest absolute Gasteiger partial charge is 0.331 e. The van der Waals surface area contributed by atoms with Crippen LogP contribution in [-0.4, -0.2) is 53.9 Å². The first-order chi connectivity index (χ1) is 16.5. The number of piperazine rings is 1. The van der Waals surface area contributed by atoms with Crippen LogP contribution in [-0.2, 0) is 13.1 Å². The Kier molecular flexibility index (Phi) is 7.75. The summed E-state index contributed by atoms with van der Waals surface area (Å²) in [7, 11) is 1.66. The summed E-state index contributed by atoms with van der Waals surface area (Å²) in [6.45, 7) is 7.22. The van der Waals surface area contributed by atoms with Crippen molar-refractivity contribution in [2.24, 2.45) is 0 Å². The molecule has 0 unspecified atom stereocenters. The predicted molar refractivity (Wildman–Crippen MR) is 137 cm³/mol. The highest BCUT2D eigenvalue weighted by atomic mass is 35.5. The van der Waals surface area contributed by atoms with E-state index in [0.717, 1.165) is 56.1 Å². The number of benzene rings is 2. The van der Waals surface area contributed by atoms with Gasteiger partial charge in [-0.2, -0.15) is 0 Å². The lowest BCUT2D eigenvalue weighted by atomic mass is 10.2. The van der Waals surface area contributed by atoms with E-state index in [0.29, 0.717) is 17.1 Å². The molecule has 0 radical (unpaired) electrons. The number of anilines is 1. The number of hydrogen-bond acceptors (Lipinski definition) is 5. The second-order valence-corrected chi connectivity index (χ2v) is 9.10. The Hall–Kier alpha value is -3.03. The summed E-state index contributed by atoms with van der Waals surface area (Å²) in [6.07, 6.45) is 2.53. The maximum Gasteiger partial charge on any atom is 0.331 e. The van der Waals surface area contributed by atoms with Crippen molar-refractivity contribution in [3.8, 4) is 5.75 Å².